The molecule has 2 aromatic rings. The summed E-state index contributed by atoms with van der Waals surface area (Å²) in [4.78, 5) is 13.8. The molecule has 0 atom stereocenters. The van der Waals surface area contributed by atoms with E-state index in [0.29, 0.717) is 10.8 Å². The highest BCUT2D eigenvalue weighted by molar-refractivity contribution is 7.91. The van der Waals surface area contributed by atoms with Crippen molar-refractivity contribution in [1.29, 1.82) is 0 Å². The number of sulfonamides is 1. The van der Waals surface area contributed by atoms with Crippen molar-refractivity contribution in [3.63, 3.8) is 0 Å². The van der Waals surface area contributed by atoms with E-state index in [-0.39, 0.29) is 23.2 Å². The third-order valence-corrected chi connectivity index (χ3v) is 7.00. The average Bonchev–Trinajstić information content (AvgIpc) is 3.10. The second-order valence-corrected chi connectivity index (χ2v) is 9.05. The number of amides is 1. The van der Waals surface area contributed by atoms with Crippen LogP contribution in [0, 0.1) is 0 Å². The van der Waals surface area contributed by atoms with Crippen LogP contribution in [-0.2, 0) is 21.4 Å². The summed E-state index contributed by atoms with van der Waals surface area (Å²) < 4.78 is 31.3. The fraction of sp³-hybridized carbons (Fsp3) is 0.312. The zero-order chi connectivity index (χ0) is 18.6. The summed E-state index contributed by atoms with van der Waals surface area (Å²) in [5.41, 5.74) is 0.745. The van der Waals surface area contributed by atoms with Crippen LogP contribution >= 0.6 is 22.9 Å². The maximum atomic E-state index is 12.4. The summed E-state index contributed by atoms with van der Waals surface area (Å²) in [7, 11) is 0.875. The largest absolute Gasteiger partial charge is 0.496 e. The van der Waals surface area contributed by atoms with Gasteiger partial charge in [0.2, 0.25) is 5.91 Å². The Morgan fingerprint density at radius 2 is 2.00 bits per heavy atom. The number of likely N-dealkylation sites (N-methyl/N-ethyl adjacent to an activating group) is 2. The van der Waals surface area contributed by atoms with E-state index in [0.717, 1.165) is 21.2 Å². The van der Waals surface area contributed by atoms with Gasteiger partial charge >= 0.3 is 0 Å². The average molecular weight is 403 g/mol. The molecule has 6 nitrogen and oxygen atoms in total. The van der Waals surface area contributed by atoms with Crippen LogP contribution in [-0.4, -0.2) is 51.3 Å². The van der Waals surface area contributed by atoms with Crippen LogP contribution in [0.2, 0.25) is 5.02 Å². The van der Waals surface area contributed by atoms with Gasteiger partial charge in [-0.1, -0.05) is 17.7 Å². The second-order valence-electron chi connectivity index (χ2n) is 5.40. The van der Waals surface area contributed by atoms with E-state index >= 15 is 0 Å². The highest BCUT2D eigenvalue weighted by atomic mass is 35.5. The molecule has 0 saturated heterocycles. The first-order valence-electron chi connectivity index (χ1n) is 7.32. The van der Waals surface area contributed by atoms with Crippen LogP contribution in [0.4, 0.5) is 0 Å². The Morgan fingerprint density at radius 1 is 1.28 bits per heavy atom. The minimum absolute atomic E-state index is 0.210. The lowest BCUT2D eigenvalue weighted by atomic mass is 10.2. The maximum absolute atomic E-state index is 12.4. The molecule has 0 N–H and O–H groups in total. The second kappa shape index (κ2) is 8.18. The molecule has 1 aromatic carbocycles. The van der Waals surface area contributed by atoms with Crippen molar-refractivity contribution in [3.8, 4) is 5.75 Å². The number of methoxy groups -OCH3 is 1. The molecule has 0 radical (unpaired) electrons. The van der Waals surface area contributed by atoms with Gasteiger partial charge in [0.05, 0.1) is 13.7 Å². The quantitative estimate of drug-likeness (QED) is 0.714. The van der Waals surface area contributed by atoms with Crippen molar-refractivity contribution in [3.05, 3.63) is 46.3 Å². The van der Waals surface area contributed by atoms with Gasteiger partial charge in [0, 0.05) is 31.2 Å². The molecule has 1 aromatic heterocycles. The van der Waals surface area contributed by atoms with E-state index in [4.69, 9.17) is 16.3 Å². The van der Waals surface area contributed by atoms with Crippen LogP contribution in [0.15, 0.2) is 39.9 Å². The van der Waals surface area contributed by atoms with E-state index in [1.165, 1.54) is 25.1 Å². The Bertz CT molecular complexity index is 838. The summed E-state index contributed by atoms with van der Waals surface area (Å²) in [6.45, 7) is 0.00900. The fourth-order valence-corrected chi connectivity index (χ4v) is 4.69. The monoisotopic (exact) mass is 402 g/mol. The normalized spacial score (nSPS) is 11.6. The molecule has 0 bridgehead atoms. The van der Waals surface area contributed by atoms with Crippen LogP contribution < -0.4 is 4.74 Å². The first-order chi connectivity index (χ1) is 11.8. The van der Waals surface area contributed by atoms with Gasteiger partial charge in [-0.3, -0.25) is 4.79 Å². The molecule has 0 aliphatic carbocycles. The predicted molar refractivity (Wildman–Crippen MR) is 98.6 cm³/mol. The SMILES string of the molecule is COc1ccc(Cl)cc1CN(C)C(=O)CN(C)S(=O)(=O)c1cccs1. The molecule has 0 saturated carbocycles. The molecule has 136 valence electrons. The van der Waals surface area contributed by atoms with Crippen molar-refractivity contribution in [1.82, 2.24) is 9.21 Å². The summed E-state index contributed by atoms with van der Waals surface area (Å²) in [5.74, 6) is 0.285. The fourth-order valence-electron chi connectivity index (χ4n) is 2.17. The van der Waals surface area contributed by atoms with Crippen molar-refractivity contribution < 1.29 is 17.9 Å². The van der Waals surface area contributed by atoms with Crippen molar-refractivity contribution in [2.75, 3.05) is 27.7 Å². The molecule has 0 spiro atoms. The lowest BCUT2D eigenvalue weighted by Gasteiger charge is -2.22. The molecule has 25 heavy (non-hydrogen) atoms. The third-order valence-electron chi connectivity index (χ3n) is 3.59. The smallest absolute Gasteiger partial charge is 0.252 e. The standard InChI is InChI=1S/C16H19ClN2O4S2/c1-18(10-12-9-13(17)6-7-14(12)23-3)15(20)11-19(2)25(21,22)16-5-4-8-24-16/h4-9H,10-11H2,1-3H3. The van der Waals surface area contributed by atoms with E-state index in [2.05, 4.69) is 0 Å². The lowest BCUT2D eigenvalue weighted by molar-refractivity contribution is -0.130. The molecule has 1 heterocycles. The van der Waals surface area contributed by atoms with Crippen LogP contribution in [0.5, 0.6) is 5.75 Å². The van der Waals surface area contributed by atoms with E-state index < -0.39 is 10.0 Å². The van der Waals surface area contributed by atoms with Crippen molar-refractivity contribution in [2.45, 2.75) is 10.8 Å². The van der Waals surface area contributed by atoms with E-state index in [1.807, 2.05) is 0 Å². The Kier molecular flexibility index (Phi) is 6.45. The molecule has 1 amide bonds. The van der Waals surface area contributed by atoms with Gasteiger partial charge in [-0.2, -0.15) is 4.31 Å². The minimum atomic E-state index is -3.66. The van der Waals surface area contributed by atoms with Crippen LogP contribution in [0.25, 0.3) is 0 Å². The van der Waals surface area contributed by atoms with Gasteiger partial charge in [-0.25, -0.2) is 8.42 Å². The Balaban J connectivity index is 2.07. The highest BCUT2D eigenvalue weighted by Gasteiger charge is 2.25. The minimum Gasteiger partial charge on any atom is -0.496 e. The first kappa shape index (κ1) is 19.7. The molecule has 2 rings (SSSR count). The number of benzene rings is 1. The van der Waals surface area contributed by atoms with Gasteiger partial charge < -0.3 is 9.64 Å². The number of thiophene rings is 1. The molecule has 0 unspecified atom stereocenters. The number of carbonyl (C=O) groups excluding carboxylic acids is 1. The maximum Gasteiger partial charge on any atom is 0.252 e. The molecule has 0 aliphatic rings. The summed E-state index contributed by atoms with van der Waals surface area (Å²) in [6, 6.07) is 8.32. The van der Waals surface area contributed by atoms with Gasteiger partial charge in [0.15, 0.2) is 0 Å². The molecule has 0 aliphatic heterocycles. The molecule has 9 heteroatoms. The third kappa shape index (κ3) is 4.72. The van der Waals surface area contributed by atoms with Crippen molar-refractivity contribution in [2.24, 2.45) is 0 Å². The summed E-state index contributed by atoms with van der Waals surface area (Å²) in [5, 5.41) is 2.22. The van der Waals surface area contributed by atoms with Gasteiger partial charge in [-0.15, -0.1) is 11.3 Å². The van der Waals surface area contributed by atoms with Crippen LogP contribution in [0.3, 0.4) is 0 Å². The van der Waals surface area contributed by atoms with Gasteiger partial charge in [-0.05, 0) is 29.6 Å². The number of halogens is 1. The Morgan fingerprint density at radius 3 is 2.60 bits per heavy atom. The Labute approximate surface area is 156 Å². The zero-order valence-electron chi connectivity index (χ0n) is 14.1. The highest BCUT2D eigenvalue weighted by Crippen LogP contribution is 2.24. The van der Waals surface area contributed by atoms with Crippen LogP contribution in [0.1, 0.15) is 5.56 Å². The number of rotatable bonds is 7. The number of carbonyl (C=O) groups is 1. The number of hydrogen-bond donors (Lipinski definition) is 0. The number of nitrogens with zero attached hydrogens (tertiary/aromatic N) is 2. The van der Waals surface area contributed by atoms with E-state index in [9.17, 15) is 13.2 Å². The number of hydrogen-bond acceptors (Lipinski definition) is 5. The first-order valence-corrected chi connectivity index (χ1v) is 10.0. The molecular weight excluding hydrogens is 384 g/mol. The van der Waals surface area contributed by atoms with E-state index in [1.54, 1.807) is 36.7 Å². The van der Waals surface area contributed by atoms with Crippen molar-refractivity contribution >= 4 is 38.9 Å². The predicted octanol–water partition coefficient (Wildman–Crippen LogP) is 2.69. The zero-order valence-corrected chi connectivity index (χ0v) is 16.5. The summed E-state index contributed by atoms with van der Waals surface area (Å²) in [6.07, 6.45) is 0. The molecular formula is C16H19ClN2O4S2. The van der Waals surface area contributed by atoms with Gasteiger partial charge in [0.25, 0.3) is 10.0 Å². The lowest BCUT2D eigenvalue weighted by Crippen LogP contribution is -2.38. The Hall–Kier alpha value is -1.61. The van der Waals surface area contributed by atoms with Gasteiger partial charge in [0.1, 0.15) is 9.96 Å². The molecule has 0 fully saturated rings. The number of ether oxygens (including phenoxy) is 1. The summed E-state index contributed by atoms with van der Waals surface area (Å²) >= 11 is 7.11. The topological polar surface area (TPSA) is 66.9 Å².